The molecular weight excluding hydrogens is 234 g/mol. The van der Waals surface area contributed by atoms with E-state index in [0.29, 0.717) is 16.7 Å². The summed E-state index contributed by atoms with van der Waals surface area (Å²) >= 11 is 7.66. The van der Waals surface area contributed by atoms with Gasteiger partial charge in [0.15, 0.2) is 16.0 Å². The minimum atomic E-state index is 0.194. The van der Waals surface area contributed by atoms with Gasteiger partial charge >= 0.3 is 0 Å². The number of imidazole rings is 1. The minimum Gasteiger partial charge on any atom is -0.368 e. The van der Waals surface area contributed by atoms with Gasteiger partial charge in [-0.2, -0.15) is 9.97 Å². The van der Waals surface area contributed by atoms with E-state index in [1.165, 1.54) is 0 Å². The maximum absolute atomic E-state index is 5.96. The van der Waals surface area contributed by atoms with Crippen LogP contribution in [0.1, 0.15) is 13.0 Å². The first-order chi connectivity index (χ1) is 7.16. The van der Waals surface area contributed by atoms with Crippen LogP contribution in [0.2, 0.25) is 5.15 Å². The average Bonchev–Trinajstić information content (AvgIpc) is 2.68. The number of nitrogens with zero attached hydrogens (tertiary/aromatic N) is 4. The Bertz CT molecular complexity index is 551. The molecule has 0 unspecified atom stereocenters. The minimum absolute atomic E-state index is 0.194. The lowest BCUT2D eigenvalue weighted by Crippen LogP contribution is -2.04. The molecule has 1 aliphatic heterocycles. The Morgan fingerprint density at radius 2 is 2.27 bits per heavy atom. The van der Waals surface area contributed by atoms with E-state index in [9.17, 15) is 0 Å². The Kier molecular flexibility index (Phi) is 1.84. The molecule has 0 radical (unpaired) electrons. The quantitative estimate of drug-likeness (QED) is 0.712. The topological polar surface area (TPSA) is 69.6 Å². The van der Waals surface area contributed by atoms with E-state index in [2.05, 4.69) is 26.4 Å². The summed E-state index contributed by atoms with van der Waals surface area (Å²) in [7, 11) is 0. The first-order valence-corrected chi connectivity index (χ1v) is 5.87. The van der Waals surface area contributed by atoms with Crippen molar-refractivity contribution in [1.29, 1.82) is 0 Å². The van der Waals surface area contributed by atoms with Crippen LogP contribution < -0.4 is 5.73 Å². The third kappa shape index (κ3) is 1.21. The van der Waals surface area contributed by atoms with Gasteiger partial charge in [0, 0.05) is 11.8 Å². The van der Waals surface area contributed by atoms with E-state index in [1.54, 1.807) is 11.8 Å². The second-order valence-electron chi connectivity index (χ2n) is 3.47. The fourth-order valence-electron chi connectivity index (χ4n) is 1.71. The predicted octanol–water partition coefficient (Wildman–Crippen LogP) is 1.73. The summed E-state index contributed by atoms with van der Waals surface area (Å²) in [6, 6.07) is 0.375. The molecule has 7 heteroatoms. The van der Waals surface area contributed by atoms with Gasteiger partial charge in [0.1, 0.15) is 5.52 Å². The molecule has 0 bridgehead atoms. The van der Waals surface area contributed by atoms with Gasteiger partial charge in [-0.3, -0.25) is 4.57 Å². The molecule has 3 rings (SSSR count). The van der Waals surface area contributed by atoms with Crippen LogP contribution in [0.25, 0.3) is 11.2 Å². The van der Waals surface area contributed by atoms with Gasteiger partial charge in [-0.1, -0.05) is 23.4 Å². The average molecular weight is 242 g/mol. The van der Waals surface area contributed by atoms with Crippen molar-refractivity contribution in [2.45, 2.75) is 18.1 Å². The van der Waals surface area contributed by atoms with E-state index < -0.39 is 0 Å². The van der Waals surface area contributed by atoms with Crippen LogP contribution in [0, 0.1) is 0 Å². The summed E-state index contributed by atoms with van der Waals surface area (Å²) in [6.45, 7) is 2.12. The van der Waals surface area contributed by atoms with E-state index in [4.69, 9.17) is 17.3 Å². The maximum Gasteiger partial charge on any atom is 0.223 e. The molecular formula is C8H8ClN5S. The zero-order chi connectivity index (χ0) is 10.6. The Hall–Kier alpha value is -1.01. The largest absolute Gasteiger partial charge is 0.368 e. The fourth-order valence-corrected chi connectivity index (χ4v) is 3.02. The molecule has 2 aromatic heterocycles. The van der Waals surface area contributed by atoms with Gasteiger partial charge in [0.2, 0.25) is 5.95 Å². The normalized spacial score (nSPS) is 19.7. The van der Waals surface area contributed by atoms with Crippen LogP contribution in [0.5, 0.6) is 0 Å². The molecule has 1 atom stereocenters. The lowest BCUT2D eigenvalue weighted by Gasteiger charge is -2.05. The third-order valence-electron chi connectivity index (χ3n) is 2.38. The molecule has 0 aromatic carbocycles. The van der Waals surface area contributed by atoms with Crippen molar-refractivity contribution < 1.29 is 0 Å². The molecule has 1 aliphatic rings. The van der Waals surface area contributed by atoms with Crippen molar-refractivity contribution in [2.75, 3.05) is 11.5 Å². The van der Waals surface area contributed by atoms with Crippen LogP contribution in [-0.4, -0.2) is 25.3 Å². The number of nitrogens with two attached hydrogens (primary N) is 1. The summed E-state index contributed by atoms with van der Waals surface area (Å²) < 4.78 is 2.06. The van der Waals surface area contributed by atoms with Gasteiger partial charge in [-0.05, 0) is 6.92 Å². The highest BCUT2D eigenvalue weighted by molar-refractivity contribution is 7.99. The van der Waals surface area contributed by atoms with Gasteiger partial charge in [-0.15, -0.1) is 0 Å². The number of anilines is 1. The lowest BCUT2D eigenvalue weighted by atomic mass is 10.4. The van der Waals surface area contributed by atoms with Crippen LogP contribution in [-0.2, 0) is 0 Å². The van der Waals surface area contributed by atoms with Crippen LogP contribution in [0.3, 0.4) is 0 Å². The number of thioether (sulfide) groups is 1. The molecule has 0 fully saturated rings. The van der Waals surface area contributed by atoms with Crippen molar-refractivity contribution in [2.24, 2.45) is 0 Å². The first kappa shape index (κ1) is 9.23. The predicted molar refractivity (Wildman–Crippen MR) is 60.2 cm³/mol. The molecule has 0 aliphatic carbocycles. The number of hydrogen-bond donors (Lipinski definition) is 1. The van der Waals surface area contributed by atoms with E-state index in [1.807, 2.05) is 0 Å². The second kappa shape index (κ2) is 2.99. The van der Waals surface area contributed by atoms with Crippen molar-refractivity contribution in [3.05, 3.63) is 5.15 Å². The van der Waals surface area contributed by atoms with Crippen LogP contribution in [0.15, 0.2) is 5.16 Å². The summed E-state index contributed by atoms with van der Waals surface area (Å²) in [5.74, 6) is 1.21. The van der Waals surface area contributed by atoms with Crippen LogP contribution >= 0.6 is 23.4 Å². The highest BCUT2D eigenvalue weighted by Gasteiger charge is 2.25. The van der Waals surface area contributed by atoms with Gasteiger partial charge in [0.05, 0.1) is 0 Å². The zero-order valence-electron chi connectivity index (χ0n) is 7.94. The number of rotatable bonds is 0. The molecule has 0 saturated carbocycles. The van der Waals surface area contributed by atoms with Crippen molar-refractivity contribution in [3.63, 3.8) is 0 Å². The van der Waals surface area contributed by atoms with Crippen molar-refractivity contribution >= 4 is 40.5 Å². The number of halogens is 1. The molecule has 0 amide bonds. The smallest absolute Gasteiger partial charge is 0.223 e. The summed E-state index contributed by atoms with van der Waals surface area (Å²) in [5, 5.41) is 1.27. The molecule has 78 valence electrons. The Labute approximate surface area is 95.0 Å². The molecule has 15 heavy (non-hydrogen) atoms. The second-order valence-corrected chi connectivity index (χ2v) is 4.81. The first-order valence-electron chi connectivity index (χ1n) is 4.50. The maximum atomic E-state index is 5.96. The monoisotopic (exact) mass is 241 g/mol. The summed E-state index contributed by atoms with van der Waals surface area (Å²) in [6.07, 6.45) is 0. The van der Waals surface area contributed by atoms with Gasteiger partial charge in [0.25, 0.3) is 0 Å². The fraction of sp³-hybridized carbons (Fsp3) is 0.375. The summed E-state index contributed by atoms with van der Waals surface area (Å²) in [5.41, 5.74) is 6.94. The molecule has 2 N–H and O–H groups in total. The van der Waals surface area contributed by atoms with Gasteiger partial charge in [-0.25, -0.2) is 4.98 Å². The lowest BCUT2D eigenvalue weighted by molar-refractivity contribution is 0.596. The van der Waals surface area contributed by atoms with E-state index in [0.717, 1.165) is 16.6 Å². The molecule has 0 saturated heterocycles. The van der Waals surface area contributed by atoms with E-state index in [-0.39, 0.29) is 5.95 Å². The molecule has 3 heterocycles. The standard InChI is InChI=1S/C8H8ClN5S/c1-3-2-15-8-11-4-5(9)12-7(10)13-6(4)14(3)8/h3H,2H2,1H3,(H2,10,12,13)/t3-/m1/s1. The number of aromatic nitrogens is 4. The molecule has 0 spiro atoms. The van der Waals surface area contributed by atoms with Crippen molar-refractivity contribution in [3.8, 4) is 0 Å². The zero-order valence-corrected chi connectivity index (χ0v) is 9.51. The number of nitrogen functional groups attached to an aromatic ring is 1. The van der Waals surface area contributed by atoms with Crippen molar-refractivity contribution in [1.82, 2.24) is 19.5 Å². The Morgan fingerprint density at radius 1 is 1.47 bits per heavy atom. The Morgan fingerprint density at radius 3 is 3.07 bits per heavy atom. The molecule has 2 aromatic rings. The number of hydrogen-bond acceptors (Lipinski definition) is 5. The third-order valence-corrected chi connectivity index (χ3v) is 3.84. The molecule has 5 nitrogen and oxygen atoms in total. The Balaban J connectivity index is 2.41. The van der Waals surface area contributed by atoms with Crippen LogP contribution in [0.4, 0.5) is 5.95 Å². The van der Waals surface area contributed by atoms with E-state index >= 15 is 0 Å². The highest BCUT2D eigenvalue weighted by atomic mass is 35.5. The number of fused-ring (bicyclic) bond motifs is 3. The SMILES string of the molecule is C[C@@H]1CSc2nc3c(Cl)nc(N)nc3n21. The summed E-state index contributed by atoms with van der Waals surface area (Å²) in [4.78, 5) is 12.5. The highest BCUT2D eigenvalue weighted by Crippen LogP contribution is 2.37. The van der Waals surface area contributed by atoms with Gasteiger partial charge < -0.3 is 5.73 Å².